The van der Waals surface area contributed by atoms with Crippen LogP contribution in [0.15, 0.2) is 30.5 Å². The van der Waals surface area contributed by atoms with Gasteiger partial charge in [-0.25, -0.2) is 4.39 Å². The van der Waals surface area contributed by atoms with Crippen LogP contribution in [0.5, 0.6) is 0 Å². The van der Waals surface area contributed by atoms with Crippen LogP contribution in [0.4, 0.5) is 4.39 Å². The molecule has 0 spiro atoms. The molecule has 0 aliphatic rings. The Hall–Kier alpha value is -1.39. The third-order valence-corrected chi connectivity index (χ3v) is 3.63. The predicted molar refractivity (Wildman–Crippen MR) is 74.7 cm³/mol. The van der Waals surface area contributed by atoms with E-state index in [1.807, 2.05) is 24.8 Å². The van der Waals surface area contributed by atoms with Crippen LogP contribution in [0.25, 0.3) is 0 Å². The maximum Gasteiger partial charge on any atom is 0.124 e. The normalized spacial score (nSPS) is 12.6. The lowest BCUT2D eigenvalue weighted by Crippen LogP contribution is -2.18. The van der Waals surface area contributed by atoms with Crippen molar-refractivity contribution < 1.29 is 4.39 Å². The summed E-state index contributed by atoms with van der Waals surface area (Å²) in [6, 6.07) is 6.63. The predicted octanol–water partition coefficient (Wildman–Crippen LogP) is 3.11. The second kappa shape index (κ2) is 6.17. The van der Waals surface area contributed by atoms with Gasteiger partial charge in [0, 0.05) is 30.0 Å². The summed E-state index contributed by atoms with van der Waals surface area (Å²) in [6.45, 7) is 0. The number of benzene rings is 1. The number of hydrogen-bond donors (Lipinski definition) is 1. The Balaban J connectivity index is 2.10. The van der Waals surface area contributed by atoms with Gasteiger partial charge in [-0.3, -0.25) is 4.68 Å². The molecule has 0 aliphatic heterocycles. The maximum absolute atomic E-state index is 13.1. The minimum Gasteiger partial charge on any atom is -0.313 e. The minimum absolute atomic E-state index is 0.1000. The van der Waals surface area contributed by atoms with Crippen LogP contribution in [0.3, 0.4) is 0 Å². The second-order valence-corrected chi connectivity index (χ2v) is 4.90. The number of aromatic nitrogens is 2. The fourth-order valence-corrected chi connectivity index (χ4v) is 2.48. The molecule has 1 unspecified atom stereocenters. The molecule has 2 rings (SSSR count). The topological polar surface area (TPSA) is 29.9 Å². The Labute approximate surface area is 117 Å². The molecular formula is C14H17ClFN3. The molecule has 1 aromatic carbocycles. The highest BCUT2D eigenvalue weighted by Crippen LogP contribution is 2.26. The smallest absolute Gasteiger partial charge is 0.124 e. The van der Waals surface area contributed by atoms with Crippen molar-refractivity contribution in [1.29, 1.82) is 0 Å². The van der Waals surface area contributed by atoms with Crippen molar-refractivity contribution in [3.63, 3.8) is 0 Å². The standard InChI is InChI=1S/C14H17ClFN3/c1-17-14(6-4-11-7-8-18-19(11)2)12-5-3-10(16)9-13(12)15/h3,5,7-9,14,17H,4,6H2,1-2H3. The van der Waals surface area contributed by atoms with Gasteiger partial charge in [0.2, 0.25) is 0 Å². The van der Waals surface area contributed by atoms with E-state index in [1.165, 1.54) is 17.8 Å². The molecule has 1 aromatic heterocycles. The molecule has 0 radical (unpaired) electrons. The lowest BCUT2D eigenvalue weighted by Gasteiger charge is -2.18. The zero-order valence-corrected chi connectivity index (χ0v) is 11.8. The summed E-state index contributed by atoms with van der Waals surface area (Å²) in [7, 11) is 3.81. The fraction of sp³-hybridized carbons (Fsp3) is 0.357. The number of nitrogens with one attached hydrogen (secondary N) is 1. The Kier molecular flexibility index (Phi) is 4.56. The SMILES string of the molecule is CNC(CCc1ccnn1C)c1ccc(F)cc1Cl. The largest absolute Gasteiger partial charge is 0.313 e. The van der Waals surface area contributed by atoms with Crippen molar-refractivity contribution in [1.82, 2.24) is 15.1 Å². The van der Waals surface area contributed by atoms with Gasteiger partial charge in [-0.15, -0.1) is 0 Å². The summed E-state index contributed by atoms with van der Waals surface area (Å²) in [5, 5.41) is 7.83. The molecule has 0 aliphatic carbocycles. The van der Waals surface area contributed by atoms with Gasteiger partial charge >= 0.3 is 0 Å². The van der Waals surface area contributed by atoms with Gasteiger partial charge in [0.15, 0.2) is 0 Å². The minimum atomic E-state index is -0.310. The average molecular weight is 282 g/mol. The lowest BCUT2D eigenvalue weighted by molar-refractivity contribution is 0.534. The molecule has 0 bridgehead atoms. The van der Waals surface area contributed by atoms with Crippen molar-refractivity contribution in [2.75, 3.05) is 7.05 Å². The van der Waals surface area contributed by atoms with Crippen molar-refractivity contribution in [3.8, 4) is 0 Å². The molecule has 3 nitrogen and oxygen atoms in total. The molecule has 0 fully saturated rings. The monoisotopic (exact) mass is 281 g/mol. The number of rotatable bonds is 5. The van der Waals surface area contributed by atoms with Crippen molar-refractivity contribution in [2.24, 2.45) is 7.05 Å². The van der Waals surface area contributed by atoms with Gasteiger partial charge in [0.25, 0.3) is 0 Å². The highest BCUT2D eigenvalue weighted by atomic mass is 35.5. The van der Waals surface area contributed by atoms with Gasteiger partial charge < -0.3 is 5.32 Å². The van der Waals surface area contributed by atoms with Crippen LogP contribution < -0.4 is 5.32 Å². The Morgan fingerprint density at radius 3 is 2.79 bits per heavy atom. The van der Waals surface area contributed by atoms with Gasteiger partial charge in [-0.1, -0.05) is 17.7 Å². The Bertz CT molecular complexity index is 553. The van der Waals surface area contributed by atoms with Crippen molar-refractivity contribution in [2.45, 2.75) is 18.9 Å². The molecular weight excluding hydrogens is 265 g/mol. The van der Waals surface area contributed by atoms with E-state index in [2.05, 4.69) is 10.4 Å². The first-order valence-corrected chi connectivity index (χ1v) is 6.58. The molecule has 102 valence electrons. The lowest BCUT2D eigenvalue weighted by atomic mass is 10.0. The van der Waals surface area contributed by atoms with Crippen molar-refractivity contribution in [3.05, 3.63) is 52.6 Å². The van der Waals surface area contributed by atoms with Crippen LogP contribution in [0, 0.1) is 5.82 Å². The van der Waals surface area contributed by atoms with E-state index in [9.17, 15) is 4.39 Å². The van der Waals surface area contributed by atoms with E-state index < -0.39 is 0 Å². The van der Waals surface area contributed by atoms with E-state index >= 15 is 0 Å². The van der Waals surface area contributed by atoms with E-state index in [1.54, 1.807) is 12.3 Å². The summed E-state index contributed by atoms with van der Waals surface area (Å²) < 4.78 is 14.9. The van der Waals surface area contributed by atoms with Crippen LogP contribution in [-0.4, -0.2) is 16.8 Å². The molecule has 0 saturated carbocycles. The van der Waals surface area contributed by atoms with Gasteiger partial charge in [0.1, 0.15) is 5.82 Å². The second-order valence-electron chi connectivity index (χ2n) is 4.49. The molecule has 5 heteroatoms. The third-order valence-electron chi connectivity index (χ3n) is 3.30. The van der Waals surface area contributed by atoms with Crippen LogP contribution in [0.2, 0.25) is 5.02 Å². The molecule has 1 N–H and O–H groups in total. The van der Waals surface area contributed by atoms with Gasteiger partial charge in [0.05, 0.1) is 0 Å². The summed E-state index contributed by atoms with van der Waals surface area (Å²) >= 11 is 6.10. The number of aryl methyl sites for hydroxylation is 2. The summed E-state index contributed by atoms with van der Waals surface area (Å²) in [5.41, 5.74) is 2.09. The first kappa shape index (κ1) is 14.0. The maximum atomic E-state index is 13.1. The zero-order chi connectivity index (χ0) is 13.8. The van der Waals surface area contributed by atoms with E-state index in [0.29, 0.717) is 5.02 Å². The van der Waals surface area contributed by atoms with Crippen LogP contribution in [0.1, 0.15) is 23.7 Å². The first-order valence-electron chi connectivity index (χ1n) is 6.21. The highest BCUT2D eigenvalue weighted by Gasteiger charge is 2.14. The molecule has 19 heavy (non-hydrogen) atoms. The molecule has 1 atom stereocenters. The molecule has 0 saturated heterocycles. The first-order chi connectivity index (χ1) is 9.11. The summed E-state index contributed by atoms with van der Waals surface area (Å²) in [5.74, 6) is -0.310. The molecule has 1 heterocycles. The van der Waals surface area contributed by atoms with Crippen LogP contribution in [-0.2, 0) is 13.5 Å². The fourth-order valence-electron chi connectivity index (χ4n) is 2.18. The zero-order valence-electron chi connectivity index (χ0n) is 11.0. The number of hydrogen-bond acceptors (Lipinski definition) is 2. The molecule has 0 amide bonds. The van der Waals surface area contributed by atoms with Crippen molar-refractivity contribution >= 4 is 11.6 Å². The van der Waals surface area contributed by atoms with Crippen LogP contribution >= 0.6 is 11.6 Å². The average Bonchev–Trinajstić information content (AvgIpc) is 2.78. The highest BCUT2D eigenvalue weighted by molar-refractivity contribution is 6.31. The number of halogens is 2. The van der Waals surface area contributed by atoms with Gasteiger partial charge in [-0.2, -0.15) is 5.10 Å². The van der Waals surface area contributed by atoms with E-state index in [0.717, 1.165) is 18.4 Å². The van der Waals surface area contributed by atoms with Gasteiger partial charge in [-0.05, 0) is 43.7 Å². The Morgan fingerprint density at radius 1 is 1.42 bits per heavy atom. The summed E-state index contributed by atoms with van der Waals surface area (Å²) in [4.78, 5) is 0. The summed E-state index contributed by atoms with van der Waals surface area (Å²) in [6.07, 6.45) is 3.55. The Morgan fingerprint density at radius 2 is 2.21 bits per heavy atom. The van der Waals surface area contributed by atoms with E-state index in [-0.39, 0.29) is 11.9 Å². The number of nitrogens with zero attached hydrogens (tertiary/aromatic N) is 2. The quantitative estimate of drug-likeness (QED) is 0.913. The van der Waals surface area contributed by atoms with E-state index in [4.69, 9.17) is 11.6 Å². The molecule has 2 aromatic rings. The third kappa shape index (κ3) is 3.33.